The first-order valence-electron chi connectivity index (χ1n) is 8.86. The summed E-state index contributed by atoms with van der Waals surface area (Å²) in [6, 6.07) is 2.07. The normalized spacial score (nSPS) is 17.7. The lowest BCUT2D eigenvalue weighted by Crippen LogP contribution is -2.41. The summed E-state index contributed by atoms with van der Waals surface area (Å²) in [5.41, 5.74) is 0.940. The molecule has 1 saturated heterocycles. The number of rotatable bonds is 5. The molecule has 1 atom stereocenters. The molecule has 0 aromatic carbocycles. The molecule has 8 heteroatoms. The maximum Gasteiger partial charge on any atom is 0.236 e. The molecule has 0 saturated carbocycles. The number of anilines is 2. The van der Waals surface area contributed by atoms with Gasteiger partial charge in [-0.25, -0.2) is 15.0 Å². The van der Waals surface area contributed by atoms with Crippen molar-refractivity contribution in [2.75, 3.05) is 32.5 Å². The summed E-state index contributed by atoms with van der Waals surface area (Å²) in [5, 5.41) is 3.18. The van der Waals surface area contributed by atoms with Crippen LogP contribution in [0.4, 0.5) is 11.6 Å². The molecular weight excluding hydrogens is 330 g/mol. The van der Waals surface area contributed by atoms with Gasteiger partial charge in [0.15, 0.2) is 0 Å². The quantitative estimate of drug-likeness (QED) is 0.877. The van der Waals surface area contributed by atoms with Crippen LogP contribution in [0.3, 0.4) is 0 Å². The molecule has 138 valence electrons. The van der Waals surface area contributed by atoms with Crippen LogP contribution >= 0.6 is 0 Å². The number of carbonyl (C=O) groups is 1. The van der Waals surface area contributed by atoms with Gasteiger partial charge in [0.05, 0.1) is 24.5 Å². The first-order valence-corrected chi connectivity index (χ1v) is 8.86. The molecule has 1 N–H and O–H groups in total. The lowest BCUT2D eigenvalue weighted by Gasteiger charge is -2.35. The summed E-state index contributed by atoms with van der Waals surface area (Å²) in [4.78, 5) is 33.4. The third kappa shape index (κ3) is 4.51. The van der Waals surface area contributed by atoms with Crippen LogP contribution in [0, 0.1) is 6.92 Å². The predicted molar refractivity (Wildman–Crippen MR) is 98.9 cm³/mol. The highest BCUT2D eigenvalue weighted by molar-refractivity contribution is 5.77. The maximum atomic E-state index is 12.2. The van der Waals surface area contributed by atoms with Gasteiger partial charge in [-0.2, -0.15) is 0 Å². The van der Waals surface area contributed by atoms with Gasteiger partial charge < -0.3 is 10.2 Å². The molecule has 0 radical (unpaired) electrons. The molecule has 0 spiro atoms. The second kappa shape index (κ2) is 8.18. The van der Waals surface area contributed by atoms with Gasteiger partial charge >= 0.3 is 0 Å². The Balaban J connectivity index is 1.83. The van der Waals surface area contributed by atoms with Gasteiger partial charge in [0.2, 0.25) is 5.91 Å². The average molecular weight is 355 g/mol. The highest BCUT2D eigenvalue weighted by atomic mass is 16.2. The van der Waals surface area contributed by atoms with E-state index in [0.717, 1.165) is 31.5 Å². The summed E-state index contributed by atoms with van der Waals surface area (Å²) >= 11 is 0. The SMILES string of the molecule is Cc1nc(Nc2cnccn2)cc(C2CCCCN2CC(=O)N(C)C)n1. The Morgan fingerprint density at radius 1 is 1.27 bits per heavy atom. The second-order valence-corrected chi connectivity index (χ2v) is 6.71. The number of amides is 1. The Morgan fingerprint density at radius 3 is 2.85 bits per heavy atom. The Bertz CT molecular complexity index is 750. The van der Waals surface area contributed by atoms with Gasteiger partial charge in [-0.15, -0.1) is 0 Å². The number of aromatic nitrogens is 4. The van der Waals surface area contributed by atoms with Gasteiger partial charge in [0.25, 0.3) is 0 Å². The molecule has 3 heterocycles. The third-order valence-electron chi connectivity index (χ3n) is 4.47. The van der Waals surface area contributed by atoms with E-state index >= 15 is 0 Å². The number of nitrogens with one attached hydrogen (secondary N) is 1. The van der Waals surface area contributed by atoms with Crippen molar-refractivity contribution in [3.8, 4) is 0 Å². The van der Waals surface area contributed by atoms with Crippen LogP contribution in [0.15, 0.2) is 24.7 Å². The van der Waals surface area contributed by atoms with Crippen molar-refractivity contribution in [1.82, 2.24) is 29.7 Å². The number of likely N-dealkylation sites (N-methyl/N-ethyl adjacent to an activating group) is 1. The molecule has 2 aromatic rings. The third-order valence-corrected chi connectivity index (χ3v) is 4.47. The Morgan fingerprint density at radius 2 is 2.12 bits per heavy atom. The van der Waals surface area contributed by atoms with E-state index in [2.05, 4.69) is 30.2 Å². The topological polar surface area (TPSA) is 87.1 Å². The summed E-state index contributed by atoms with van der Waals surface area (Å²) in [7, 11) is 3.58. The van der Waals surface area contributed by atoms with E-state index in [1.165, 1.54) is 0 Å². The van der Waals surface area contributed by atoms with Crippen LogP contribution in [0.25, 0.3) is 0 Å². The van der Waals surface area contributed by atoms with Gasteiger partial charge in [-0.1, -0.05) is 6.42 Å². The monoisotopic (exact) mass is 355 g/mol. The molecule has 1 unspecified atom stereocenters. The highest BCUT2D eigenvalue weighted by Crippen LogP contribution is 2.31. The van der Waals surface area contributed by atoms with E-state index in [9.17, 15) is 4.79 Å². The minimum atomic E-state index is 0.112. The molecule has 0 aliphatic carbocycles. The van der Waals surface area contributed by atoms with Gasteiger partial charge in [0, 0.05) is 32.6 Å². The lowest BCUT2D eigenvalue weighted by atomic mass is 9.99. The molecule has 8 nitrogen and oxygen atoms in total. The van der Waals surface area contributed by atoms with Gasteiger partial charge in [-0.3, -0.25) is 14.7 Å². The summed E-state index contributed by atoms with van der Waals surface area (Å²) in [5.74, 6) is 2.14. The number of likely N-dealkylation sites (tertiary alicyclic amines) is 1. The molecular formula is C18H25N7O. The first-order chi connectivity index (χ1) is 12.5. The highest BCUT2D eigenvalue weighted by Gasteiger charge is 2.27. The van der Waals surface area contributed by atoms with Crippen LogP contribution in [0.1, 0.15) is 36.8 Å². The summed E-state index contributed by atoms with van der Waals surface area (Å²) in [6.45, 7) is 3.19. The maximum absolute atomic E-state index is 12.2. The van der Waals surface area contributed by atoms with Crippen LogP contribution in [-0.2, 0) is 4.79 Å². The minimum absolute atomic E-state index is 0.112. The molecule has 0 bridgehead atoms. The number of hydrogen-bond donors (Lipinski definition) is 1. The van der Waals surface area contributed by atoms with E-state index in [1.807, 2.05) is 13.0 Å². The smallest absolute Gasteiger partial charge is 0.236 e. The van der Waals surface area contributed by atoms with Crippen molar-refractivity contribution < 1.29 is 4.79 Å². The molecule has 1 aliphatic heterocycles. The fourth-order valence-electron chi connectivity index (χ4n) is 3.15. The van der Waals surface area contributed by atoms with Crippen LogP contribution in [-0.4, -0.2) is 62.8 Å². The van der Waals surface area contributed by atoms with Crippen molar-refractivity contribution in [1.29, 1.82) is 0 Å². The zero-order valence-corrected chi connectivity index (χ0v) is 15.5. The van der Waals surface area contributed by atoms with E-state index in [1.54, 1.807) is 37.6 Å². The van der Waals surface area contributed by atoms with E-state index in [0.29, 0.717) is 24.0 Å². The van der Waals surface area contributed by atoms with Crippen molar-refractivity contribution in [3.63, 3.8) is 0 Å². The van der Waals surface area contributed by atoms with Gasteiger partial charge in [0.1, 0.15) is 17.5 Å². The molecule has 26 heavy (non-hydrogen) atoms. The first kappa shape index (κ1) is 18.2. The number of carbonyl (C=O) groups excluding carboxylic acids is 1. The van der Waals surface area contributed by atoms with E-state index in [-0.39, 0.29) is 11.9 Å². The largest absolute Gasteiger partial charge is 0.348 e. The van der Waals surface area contributed by atoms with Gasteiger partial charge in [-0.05, 0) is 26.3 Å². The average Bonchev–Trinajstić information content (AvgIpc) is 2.62. The second-order valence-electron chi connectivity index (χ2n) is 6.71. The van der Waals surface area contributed by atoms with Crippen LogP contribution in [0.2, 0.25) is 0 Å². The zero-order valence-electron chi connectivity index (χ0n) is 15.5. The molecule has 1 fully saturated rings. The number of nitrogens with zero attached hydrogens (tertiary/aromatic N) is 6. The summed E-state index contributed by atoms with van der Waals surface area (Å²) < 4.78 is 0. The number of hydrogen-bond acceptors (Lipinski definition) is 7. The summed E-state index contributed by atoms with van der Waals surface area (Å²) in [6.07, 6.45) is 8.14. The van der Waals surface area contributed by atoms with Crippen molar-refractivity contribution >= 4 is 17.5 Å². The number of piperidine rings is 1. The molecule has 1 amide bonds. The Kier molecular flexibility index (Phi) is 5.72. The van der Waals surface area contributed by atoms with Crippen molar-refractivity contribution in [2.45, 2.75) is 32.2 Å². The number of aryl methyl sites for hydroxylation is 1. The Labute approximate surface area is 153 Å². The minimum Gasteiger partial charge on any atom is -0.348 e. The fraction of sp³-hybridized carbons (Fsp3) is 0.500. The zero-order chi connectivity index (χ0) is 18.5. The predicted octanol–water partition coefficient (Wildman–Crippen LogP) is 1.93. The molecule has 3 rings (SSSR count). The Hall–Kier alpha value is -2.61. The molecule has 2 aromatic heterocycles. The van der Waals surface area contributed by atoms with Crippen molar-refractivity contribution in [2.24, 2.45) is 0 Å². The molecule has 1 aliphatic rings. The lowest BCUT2D eigenvalue weighted by molar-refractivity contribution is -0.130. The van der Waals surface area contributed by atoms with Crippen LogP contribution < -0.4 is 5.32 Å². The van der Waals surface area contributed by atoms with Crippen molar-refractivity contribution in [3.05, 3.63) is 36.2 Å². The van der Waals surface area contributed by atoms with Crippen LogP contribution in [0.5, 0.6) is 0 Å². The fourth-order valence-corrected chi connectivity index (χ4v) is 3.15. The standard InChI is InChI=1S/C18H25N7O/c1-13-21-14(10-16(22-13)23-17-11-19-7-8-20-17)15-6-4-5-9-25(15)12-18(26)24(2)3/h7-8,10-11,15H,4-6,9,12H2,1-3H3,(H,20,21,22,23). The van der Waals surface area contributed by atoms with E-state index in [4.69, 9.17) is 0 Å². The van der Waals surface area contributed by atoms with E-state index < -0.39 is 0 Å².